The van der Waals surface area contributed by atoms with Gasteiger partial charge in [0.1, 0.15) is 0 Å². The smallest absolute Gasteiger partial charge is 0.369 e. The van der Waals surface area contributed by atoms with Crippen LogP contribution in [0.3, 0.4) is 0 Å². The quantitative estimate of drug-likeness (QED) is 0.677. The second kappa shape index (κ2) is 9.72. The van der Waals surface area contributed by atoms with E-state index in [4.69, 9.17) is 0 Å². The molecule has 0 aromatic heterocycles. The van der Waals surface area contributed by atoms with E-state index in [1.54, 1.807) is 24.0 Å². The number of carbonyl (C=O) groups is 1. The van der Waals surface area contributed by atoms with Crippen LogP contribution in [0.5, 0.6) is 0 Å². The van der Waals surface area contributed by atoms with Gasteiger partial charge in [0, 0.05) is 44.0 Å². The van der Waals surface area contributed by atoms with Crippen LogP contribution < -0.4 is 10.2 Å². The Hall–Kier alpha value is -2.59. The maximum atomic E-state index is 13.2. The van der Waals surface area contributed by atoms with E-state index in [1.807, 2.05) is 13.8 Å². The number of rotatable bonds is 6. The van der Waals surface area contributed by atoms with Crippen molar-refractivity contribution in [2.45, 2.75) is 31.8 Å². The van der Waals surface area contributed by atoms with Gasteiger partial charge in [0.2, 0.25) is 10.0 Å². The molecule has 3 rings (SSSR count). The molecule has 0 bridgehead atoms. The SMILES string of the molecule is Cc1ccc(S(=O)(=O)N2CCN(c3cccc(C(F)(F)F)c3)CC2)cc1C(=O)NCC(C)C. The minimum atomic E-state index is -4.44. The Labute approximate surface area is 192 Å². The molecule has 180 valence electrons. The highest BCUT2D eigenvalue weighted by Crippen LogP contribution is 2.32. The molecule has 1 aliphatic heterocycles. The van der Waals surface area contributed by atoms with Crippen molar-refractivity contribution in [3.8, 4) is 0 Å². The fraction of sp³-hybridized carbons (Fsp3) is 0.435. The zero-order valence-corrected chi connectivity index (χ0v) is 19.6. The number of aryl methyl sites for hydroxylation is 1. The van der Waals surface area contributed by atoms with Gasteiger partial charge in [0.15, 0.2) is 0 Å². The summed E-state index contributed by atoms with van der Waals surface area (Å²) in [6.45, 7) is 6.92. The first-order valence-corrected chi connectivity index (χ1v) is 12.1. The van der Waals surface area contributed by atoms with Gasteiger partial charge in [-0.3, -0.25) is 4.79 Å². The molecule has 1 aliphatic rings. The van der Waals surface area contributed by atoms with Crippen molar-refractivity contribution in [3.63, 3.8) is 0 Å². The Morgan fingerprint density at radius 2 is 1.73 bits per heavy atom. The minimum Gasteiger partial charge on any atom is -0.369 e. The summed E-state index contributed by atoms with van der Waals surface area (Å²) in [6, 6.07) is 9.49. The summed E-state index contributed by atoms with van der Waals surface area (Å²) >= 11 is 0. The summed E-state index contributed by atoms with van der Waals surface area (Å²) in [4.78, 5) is 14.3. The number of hydrogen-bond acceptors (Lipinski definition) is 4. The van der Waals surface area contributed by atoms with Crippen LogP contribution in [0.25, 0.3) is 0 Å². The molecular weight excluding hydrogens is 455 g/mol. The number of alkyl halides is 3. The molecule has 2 aromatic carbocycles. The molecule has 2 aromatic rings. The van der Waals surface area contributed by atoms with Gasteiger partial charge < -0.3 is 10.2 Å². The molecule has 0 spiro atoms. The van der Waals surface area contributed by atoms with E-state index in [0.717, 1.165) is 12.1 Å². The topological polar surface area (TPSA) is 69.7 Å². The first kappa shape index (κ1) is 25.0. The Balaban J connectivity index is 1.74. The Morgan fingerprint density at radius 3 is 2.33 bits per heavy atom. The summed E-state index contributed by atoms with van der Waals surface area (Å²) in [5.41, 5.74) is 0.642. The summed E-state index contributed by atoms with van der Waals surface area (Å²) < 4.78 is 66.7. The van der Waals surface area contributed by atoms with E-state index in [0.29, 0.717) is 23.4 Å². The largest absolute Gasteiger partial charge is 0.416 e. The number of benzene rings is 2. The average Bonchev–Trinajstić information content (AvgIpc) is 2.77. The monoisotopic (exact) mass is 483 g/mol. The number of sulfonamides is 1. The lowest BCUT2D eigenvalue weighted by Gasteiger charge is -2.35. The number of carbonyl (C=O) groups excluding carboxylic acids is 1. The van der Waals surface area contributed by atoms with Crippen LogP contribution in [0, 0.1) is 12.8 Å². The first-order chi connectivity index (χ1) is 15.4. The van der Waals surface area contributed by atoms with Crippen LogP contribution in [0.1, 0.15) is 35.3 Å². The van der Waals surface area contributed by atoms with Crippen LogP contribution in [-0.4, -0.2) is 51.4 Å². The number of halogens is 3. The molecule has 0 aliphatic carbocycles. The highest BCUT2D eigenvalue weighted by Gasteiger charge is 2.32. The summed E-state index contributed by atoms with van der Waals surface area (Å²) in [5, 5.41) is 2.80. The fourth-order valence-electron chi connectivity index (χ4n) is 3.61. The summed E-state index contributed by atoms with van der Waals surface area (Å²) in [6.07, 6.45) is -4.44. The van der Waals surface area contributed by atoms with Crippen molar-refractivity contribution in [2.24, 2.45) is 5.92 Å². The standard InChI is InChI=1S/C23H28F3N3O3S/c1-16(2)15-27-22(30)21-14-20(8-7-17(21)3)33(31,32)29-11-9-28(10-12-29)19-6-4-5-18(13-19)23(24,25)26/h4-8,13-14,16H,9-12,15H2,1-3H3,(H,27,30). The number of hydrogen-bond donors (Lipinski definition) is 1. The third-order valence-electron chi connectivity index (χ3n) is 5.54. The van der Waals surface area contributed by atoms with E-state index in [-0.39, 0.29) is 42.9 Å². The average molecular weight is 484 g/mol. The van der Waals surface area contributed by atoms with E-state index in [1.165, 1.54) is 22.5 Å². The van der Waals surface area contributed by atoms with Crippen molar-refractivity contribution in [1.29, 1.82) is 0 Å². The predicted molar refractivity (Wildman–Crippen MR) is 121 cm³/mol. The van der Waals surface area contributed by atoms with Gasteiger partial charge in [-0.25, -0.2) is 8.42 Å². The van der Waals surface area contributed by atoms with Crippen LogP contribution in [-0.2, 0) is 16.2 Å². The number of amides is 1. The number of nitrogens with zero attached hydrogens (tertiary/aromatic N) is 2. The van der Waals surface area contributed by atoms with Gasteiger partial charge in [-0.2, -0.15) is 17.5 Å². The lowest BCUT2D eigenvalue weighted by Crippen LogP contribution is -2.48. The van der Waals surface area contributed by atoms with Gasteiger partial charge >= 0.3 is 6.18 Å². The maximum Gasteiger partial charge on any atom is 0.416 e. The van der Waals surface area contributed by atoms with Gasteiger partial charge in [-0.05, 0) is 48.7 Å². The van der Waals surface area contributed by atoms with Crippen LogP contribution >= 0.6 is 0 Å². The third kappa shape index (κ3) is 5.86. The molecule has 0 saturated carbocycles. The molecule has 1 heterocycles. The minimum absolute atomic E-state index is 0.0234. The van der Waals surface area contributed by atoms with Gasteiger partial charge in [-0.15, -0.1) is 0 Å². The molecule has 0 radical (unpaired) electrons. The number of anilines is 1. The molecule has 1 N–H and O–H groups in total. The van der Waals surface area contributed by atoms with Gasteiger partial charge in [0.25, 0.3) is 5.91 Å². The van der Waals surface area contributed by atoms with E-state index in [2.05, 4.69) is 5.32 Å². The Kier molecular flexibility index (Phi) is 7.38. The molecular formula is C23H28F3N3O3S. The first-order valence-electron chi connectivity index (χ1n) is 10.7. The fourth-order valence-corrected chi connectivity index (χ4v) is 5.06. The molecule has 1 fully saturated rings. The van der Waals surface area contributed by atoms with Crippen molar-refractivity contribution in [3.05, 3.63) is 59.2 Å². The van der Waals surface area contributed by atoms with E-state index in [9.17, 15) is 26.4 Å². The van der Waals surface area contributed by atoms with Crippen LogP contribution in [0.4, 0.5) is 18.9 Å². The molecule has 1 amide bonds. The van der Waals surface area contributed by atoms with Crippen molar-refractivity contribution in [2.75, 3.05) is 37.6 Å². The third-order valence-corrected chi connectivity index (χ3v) is 7.43. The predicted octanol–water partition coefficient (Wildman–Crippen LogP) is 3.91. The highest BCUT2D eigenvalue weighted by molar-refractivity contribution is 7.89. The van der Waals surface area contributed by atoms with Crippen molar-refractivity contribution >= 4 is 21.6 Å². The van der Waals surface area contributed by atoms with Crippen molar-refractivity contribution < 1.29 is 26.4 Å². The van der Waals surface area contributed by atoms with Crippen LogP contribution in [0.2, 0.25) is 0 Å². The summed E-state index contributed by atoms with van der Waals surface area (Å²) in [7, 11) is -3.86. The zero-order chi connectivity index (χ0) is 24.4. The highest BCUT2D eigenvalue weighted by atomic mass is 32.2. The second-order valence-corrected chi connectivity index (χ2v) is 10.5. The summed E-state index contributed by atoms with van der Waals surface area (Å²) in [5.74, 6) is -0.0677. The second-order valence-electron chi connectivity index (χ2n) is 8.52. The van der Waals surface area contributed by atoms with E-state index < -0.39 is 21.8 Å². The Bertz CT molecular complexity index is 1110. The lowest BCUT2D eigenvalue weighted by atomic mass is 10.1. The maximum absolute atomic E-state index is 13.2. The zero-order valence-electron chi connectivity index (χ0n) is 18.8. The molecule has 0 atom stereocenters. The normalized spacial score (nSPS) is 15.7. The molecule has 33 heavy (non-hydrogen) atoms. The van der Waals surface area contributed by atoms with E-state index >= 15 is 0 Å². The molecule has 1 saturated heterocycles. The van der Waals surface area contributed by atoms with Crippen molar-refractivity contribution in [1.82, 2.24) is 9.62 Å². The molecule has 6 nitrogen and oxygen atoms in total. The van der Waals surface area contributed by atoms with Gasteiger partial charge in [-0.1, -0.05) is 26.0 Å². The number of piperazine rings is 1. The van der Waals surface area contributed by atoms with Gasteiger partial charge in [0.05, 0.1) is 10.5 Å². The van der Waals surface area contributed by atoms with Crippen LogP contribution in [0.15, 0.2) is 47.4 Å². The number of nitrogens with one attached hydrogen (secondary N) is 1. The molecule has 0 unspecified atom stereocenters. The Morgan fingerprint density at radius 1 is 1.06 bits per heavy atom. The molecule has 10 heteroatoms. The lowest BCUT2D eigenvalue weighted by molar-refractivity contribution is -0.137.